The third-order valence-electron chi connectivity index (χ3n) is 3.62. The monoisotopic (exact) mass is 258 g/mol. The maximum atomic E-state index is 12.4. The molecular weight excluding hydrogens is 240 g/mol. The Hall–Kier alpha value is -2.02. The van der Waals surface area contributed by atoms with E-state index in [1.165, 1.54) is 0 Å². The number of carbonyl (C=O) groups is 1. The number of nitriles is 1. The quantitative estimate of drug-likeness (QED) is 0.818. The zero-order chi connectivity index (χ0) is 13.8. The molecule has 4 heteroatoms. The predicted molar refractivity (Wildman–Crippen MR) is 72.0 cm³/mol. The molecule has 2 rings (SSSR count). The topological polar surface area (TPSA) is 53.3 Å². The number of piperidine rings is 1. The van der Waals surface area contributed by atoms with Gasteiger partial charge in [-0.2, -0.15) is 5.26 Å². The van der Waals surface area contributed by atoms with Crippen molar-refractivity contribution in [1.29, 1.82) is 5.26 Å². The lowest BCUT2D eigenvalue weighted by Gasteiger charge is -2.29. The molecule has 0 spiro atoms. The second kappa shape index (κ2) is 5.75. The molecule has 0 bridgehead atoms. The fourth-order valence-electron chi connectivity index (χ4n) is 2.35. The summed E-state index contributed by atoms with van der Waals surface area (Å²) in [6, 6.07) is 7.78. The normalized spacial score (nSPS) is 15.9. The SMILES string of the molecule is COc1cc(C(=O)N2CCC(C#N)CC2)ccc1C. The number of likely N-dealkylation sites (tertiary alicyclic amines) is 1. The molecule has 0 N–H and O–H groups in total. The number of rotatable bonds is 2. The van der Waals surface area contributed by atoms with Gasteiger partial charge in [0, 0.05) is 24.6 Å². The second-order valence-electron chi connectivity index (χ2n) is 4.88. The third-order valence-corrected chi connectivity index (χ3v) is 3.62. The van der Waals surface area contributed by atoms with E-state index >= 15 is 0 Å². The summed E-state index contributed by atoms with van der Waals surface area (Å²) in [5, 5.41) is 8.86. The van der Waals surface area contributed by atoms with Gasteiger partial charge >= 0.3 is 0 Å². The average Bonchev–Trinajstić information content (AvgIpc) is 2.47. The number of hydrogen-bond donors (Lipinski definition) is 0. The van der Waals surface area contributed by atoms with Crippen LogP contribution in [0.1, 0.15) is 28.8 Å². The summed E-state index contributed by atoms with van der Waals surface area (Å²) in [7, 11) is 1.61. The van der Waals surface area contributed by atoms with Crippen molar-refractivity contribution in [1.82, 2.24) is 4.90 Å². The highest BCUT2D eigenvalue weighted by Gasteiger charge is 2.23. The van der Waals surface area contributed by atoms with Gasteiger partial charge in [0.1, 0.15) is 5.75 Å². The number of carbonyl (C=O) groups excluding carboxylic acids is 1. The fourth-order valence-corrected chi connectivity index (χ4v) is 2.35. The van der Waals surface area contributed by atoms with Crippen LogP contribution in [0.3, 0.4) is 0 Å². The average molecular weight is 258 g/mol. The van der Waals surface area contributed by atoms with Crippen molar-refractivity contribution < 1.29 is 9.53 Å². The minimum Gasteiger partial charge on any atom is -0.496 e. The number of amides is 1. The van der Waals surface area contributed by atoms with Crippen molar-refractivity contribution in [3.05, 3.63) is 29.3 Å². The van der Waals surface area contributed by atoms with E-state index in [1.807, 2.05) is 24.0 Å². The molecular formula is C15H18N2O2. The van der Waals surface area contributed by atoms with Crippen molar-refractivity contribution in [2.24, 2.45) is 5.92 Å². The Balaban J connectivity index is 2.10. The highest BCUT2D eigenvalue weighted by molar-refractivity contribution is 5.94. The first-order valence-corrected chi connectivity index (χ1v) is 6.49. The van der Waals surface area contributed by atoms with Gasteiger partial charge in [0.05, 0.1) is 13.2 Å². The van der Waals surface area contributed by atoms with Crippen LogP contribution >= 0.6 is 0 Å². The molecule has 0 atom stereocenters. The minimum absolute atomic E-state index is 0.0229. The van der Waals surface area contributed by atoms with Crippen LogP contribution < -0.4 is 4.74 Å². The third kappa shape index (κ3) is 2.87. The van der Waals surface area contributed by atoms with Gasteiger partial charge < -0.3 is 9.64 Å². The van der Waals surface area contributed by atoms with Gasteiger partial charge in [-0.25, -0.2) is 0 Å². The summed E-state index contributed by atoms with van der Waals surface area (Å²) in [5.74, 6) is 0.851. The summed E-state index contributed by atoms with van der Waals surface area (Å²) >= 11 is 0. The van der Waals surface area contributed by atoms with Crippen molar-refractivity contribution in [2.45, 2.75) is 19.8 Å². The molecule has 4 nitrogen and oxygen atoms in total. The first-order chi connectivity index (χ1) is 9.15. The second-order valence-corrected chi connectivity index (χ2v) is 4.88. The molecule has 0 unspecified atom stereocenters. The van der Waals surface area contributed by atoms with Crippen molar-refractivity contribution in [3.8, 4) is 11.8 Å². The molecule has 1 heterocycles. The van der Waals surface area contributed by atoms with Gasteiger partial charge in [-0.3, -0.25) is 4.79 Å². The standard InChI is InChI=1S/C15H18N2O2/c1-11-3-4-13(9-14(11)19-2)15(18)17-7-5-12(10-16)6-8-17/h3-4,9,12H,5-8H2,1-2H3. The van der Waals surface area contributed by atoms with E-state index in [9.17, 15) is 4.79 Å². The molecule has 1 fully saturated rings. The minimum atomic E-state index is 0.0229. The molecule has 1 aliphatic heterocycles. The van der Waals surface area contributed by atoms with Crippen LogP contribution in [0.25, 0.3) is 0 Å². The van der Waals surface area contributed by atoms with Crippen LogP contribution in [0.15, 0.2) is 18.2 Å². The van der Waals surface area contributed by atoms with Crippen molar-refractivity contribution in [2.75, 3.05) is 20.2 Å². The Morgan fingerprint density at radius 1 is 1.42 bits per heavy atom. The van der Waals surface area contributed by atoms with Gasteiger partial charge in [-0.05, 0) is 37.5 Å². The van der Waals surface area contributed by atoms with E-state index < -0.39 is 0 Å². The first kappa shape index (κ1) is 13.4. The summed E-state index contributed by atoms with van der Waals surface area (Å²) in [4.78, 5) is 14.2. The van der Waals surface area contributed by atoms with E-state index in [4.69, 9.17) is 10.00 Å². The highest BCUT2D eigenvalue weighted by atomic mass is 16.5. The molecule has 1 aromatic carbocycles. The van der Waals surface area contributed by atoms with E-state index in [0.29, 0.717) is 18.7 Å². The van der Waals surface area contributed by atoms with Gasteiger partial charge in [-0.15, -0.1) is 0 Å². The van der Waals surface area contributed by atoms with Crippen molar-refractivity contribution in [3.63, 3.8) is 0 Å². The van der Waals surface area contributed by atoms with E-state index in [1.54, 1.807) is 13.2 Å². The number of aryl methyl sites for hydroxylation is 1. The lowest BCUT2D eigenvalue weighted by atomic mass is 9.98. The molecule has 1 saturated heterocycles. The Morgan fingerprint density at radius 3 is 2.68 bits per heavy atom. The zero-order valence-corrected chi connectivity index (χ0v) is 11.3. The molecule has 0 saturated carbocycles. The van der Waals surface area contributed by atoms with Gasteiger partial charge in [-0.1, -0.05) is 6.07 Å². The number of nitrogens with zero attached hydrogens (tertiary/aromatic N) is 2. The van der Waals surface area contributed by atoms with E-state index in [0.717, 1.165) is 24.2 Å². The molecule has 1 amide bonds. The fraction of sp³-hybridized carbons (Fsp3) is 0.467. The summed E-state index contributed by atoms with van der Waals surface area (Å²) < 4.78 is 5.24. The van der Waals surface area contributed by atoms with Gasteiger partial charge in [0.15, 0.2) is 0 Å². The van der Waals surface area contributed by atoms with E-state index in [2.05, 4.69) is 6.07 Å². The highest BCUT2D eigenvalue weighted by Crippen LogP contribution is 2.22. The maximum Gasteiger partial charge on any atom is 0.253 e. The molecule has 0 aromatic heterocycles. The molecule has 1 aliphatic rings. The van der Waals surface area contributed by atoms with E-state index in [-0.39, 0.29) is 11.8 Å². The number of ether oxygens (including phenoxy) is 1. The smallest absolute Gasteiger partial charge is 0.253 e. The number of benzene rings is 1. The van der Waals surface area contributed by atoms with Crippen LogP contribution in [-0.2, 0) is 0 Å². The lowest BCUT2D eigenvalue weighted by Crippen LogP contribution is -2.38. The molecule has 100 valence electrons. The zero-order valence-electron chi connectivity index (χ0n) is 11.3. The van der Waals surface area contributed by atoms with Crippen LogP contribution in [0.2, 0.25) is 0 Å². The Kier molecular flexibility index (Phi) is 4.06. The van der Waals surface area contributed by atoms with Gasteiger partial charge in [0.25, 0.3) is 5.91 Å². The summed E-state index contributed by atoms with van der Waals surface area (Å²) in [6.07, 6.45) is 1.54. The van der Waals surface area contributed by atoms with Gasteiger partial charge in [0.2, 0.25) is 0 Å². The van der Waals surface area contributed by atoms with Crippen LogP contribution in [-0.4, -0.2) is 31.0 Å². The lowest BCUT2D eigenvalue weighted by molar-refractivity contribution is 0.0707. The Morgan fingerprint density at radius 2 is 2.11 bits per heavy atom. The number of hydrogen-bond acceptors (Lipinski definition) is 3. The summed E-state index contributed by atoms with van der Waals surface area (Å²) in [6.45, 7) is 3.27. The van der Waals surface area contributed by atoms with Crippen LogP contribution in [0.4, 0.5) is 0 Å². The predicted octanol–water partition coefficient (Wildman–Crippen LogP) is 2.38. The summed E-state index contributed by atoms with van der Waals surface area (Å²) in [5.41, 5.74) is 1.67. The molecule has 1 aromatic rings. The molecule has 0 aliphatic carbocycles. The molecule has 19 heavy (non-hydrogen) atoms. The molecule has 0 radical (unpaired) electrons. The largest absolute Gasteiger partial charge is 0.496 e. The van der Waals surface area contributed by atoms with Crippen LogP contribution in [0.5, 0.6) is 5.75 Å². The first-order valence-electron chi connectivity index (χ1n) is 6.49. The van der Waals surface area contributed by atoms with Crippen molar-refractivity contribution >= 4 is 5.91 Å². The Labute approximate surface area is 113 Å². The van der Waals surface area contributed by atoms with Crippen LogP contribution in [0, 0.1) is 24.2 Å². The number of methoxy groups -OCH3 is 1. The Bertz CT molecular complexity index is 511. The maximum absolute atomic E-state index is 12.4.